The van der Waals surface area contributed by atoms with Crippen molar-refractivity contribution in [3.63, 3.8) is 0 Å². The minimum atomic E-state index is -0.225. The van der Waals surface area contributed by atoms with E-state index in [1.165, 1.54) is 7.11 Å². The molecule has 4 heteroatoms. The highest BCUT2D eigenvalue weighted by molar-refractivity contribution is 9.10. The second-order valence-corrected chi connectivity index (χ2v) is 2.54. The molecule has 0 bridgehead atoms. The van der Waals surface area contributed by atoms with E-state index in [0.29, 0.717) is 10.2 Å². The topological polar surface area (TPSA) is 42.1 Å². The summed E-state index contributed by atoms with van der Waals surface area (Å²) in [5.41, 5.74) is -0.225. The quantitative estimate of drug-likeness (QED) is 0.745. The van der Waals surface area contributed by atoms with Crippen LogP contribution < -0.4 is 10.3 Å². The number of hydrogen-bond acceptors (Lipinski definition) is 2. The fourth-order valence-electron chi connectivity index (χ4n) is 0.630. The van der Waals surface area contributed by atoms with E-state index in [1.54, 1.807) is 12.3 Å². The number of halogens is 1. The lowest BCUT2D eigenvalue weighted by Gasteiger charge is -1.98. The SMILES string of the molecule is COc1c(Br)cc[nH]c1=O. The Bertz CT molecular complexity index is 281. The third-order valence-corrected chi connectivity index (χ3v) is 1.70. The Labute approximate surface area is 66.2 Å². The fraction of sp³-hybridized carbons (Fsp3) is 0.167. The van der Waals surface area contributed by atoms with E-state index in [-0.39, 0.29) is 5.56 Å². The lowest BCUT2D eigenvalue weighted by Crippen LogP contribution is -2.07. The Hall–Kier alpha value is -0.770. The molecular formula is C6H6BrNO2. The first-order valence-electron chi connectivity index (χ1n) is 2.67. The molecule has 0 saturated carbocycles. The van der Waals surface area contributed by atoms with Gasteiger partial charge in [0.15, 0.2) is 5.75 Å². The molecule has 0 aliphatic rings. The molecule has 0 aliphatic carbocycles. The number of hydrogen-bond donors (Lipinski definition) is 1. The Morgan fingerprint density at radius 3 is 2.80 bits per heavy atom. The number of aromatic amines is 1. The van der Waals surface area contributed by atoms with Gasteiger partial charge in [0.05, 0.1) is 11.6 Å². The molecule has 0 saturated heterocycles. The van der Waals surface area contributed by atoms with Gasteiger partial charge in [-0.2, -0.15) is 0 Å². The molecule has 0 radical (unpaired) electrons. The van der Waals surface area contributed by atoms with Gasteiger partial charge in [0, 0.05) is 6.20 Å². The highest BCUT2D eigenvalue weighted by Gasteiger charge is 2.01. The molecule has 10 heavy (non-hydrogen) atoms. The van der Waals surface area contributed by atoms with Crippen LogP contribution in [0.4, 0.5) is 0 Å². The molecule has 0 spiro atoms. The summed E-state index contributed by atoms with van der Waals surface area (Å²) in [7, 11) is 1.45. The van der Waals surface area contributed by atoms with Crippen molar-refractivity contribution in [3.8, 4) is 5.75 Å². The van der Waals surface area contributed by atoms with Gasteiger partial charge in [0.1, 0.15) is 0 Å². The van der Waals surface area contributed by atoms with Gasteiger partial charge in [-0.25, -0.2) is 0 Å². The lowest BCUT2D eigenvalue weighted by molar-refractivity contribution is 0.405. The standard InChI is InChI=1S/C6H6BrNO2/c1-10-5-4(7)2-3-8-6(5)9/h2-3H,1H3,(H,8,9). The van der Waals surface area contributed by atoms with Crippen molar-refractivity contribution in [2.45, 2.75) is 0 Å². The second kappa shape index (κ2) is 2.88. The molecule has 1 rings (SSSR count). The summed E-state index contributed by atoms with van der Waals surface area (Å²) in [6, 6.07) is 1.71. The average molecular weight is 204 g/mol. The molecule has 1 aromatic rings. The normalized spacial score (nSPS) is 9.40. The van der Waals surface area contributed by atoms with E-state index in [1.807, 2.05) is 0 Å². The van der Waals surface area contributed by atoms with Crippen LogP contribution in [-0.4, -0.2) is 12.1 Å². The molecular weight excluding hydrogens is 198 g/mol. The van der Waals surface area contributed by atoms with Gasteiger partial charge in [-0.3, -0.25) is 4.79 Å². The van der Waals surface area contributed by atoms with Crippen LogP contribution in [0.1, 0.15) is 0 Å². The molecule has 54 valence electrons. The predicted molar refractivity (Wildman–Crippen MR) is 41.3 cm³/mol. The zero-order valence-electron chi connectivity index (χ0n) is 5.35. The van der Waals surface area contributed by atoms with Crippen LogP contribution in [0, 0.1) is 0 Å². The van der Waals surface area contributed by atoms with Crippen molar-refractivity contribution in [3.05, 3.63) is 27.1 Å². The number of rotatable bonds is 1. The lowest BCUT2D eigenvalue weighted by atomic mass is 10.5. The molecule has 0 atom stereocenters. The zero-order chi connectivity index (χ0) is 7.56. The first-order chi connectivity index (χ1) is 4.75. The maximum Gasteiger partial charge on any atom is 0.291 e. The maximum atomic E-state index is 10.9. The van der Waals surface area contributed by atoms with Crippen molar-refractivity contribution >= 4 is 15.9 Å². The third kappa shape index (κ3) is 1.21. The smallest absolute Gasteiger partial charge is 0.291 e. The van der Waals surface area contributed by atoms with Crippen molar-refractivity contribution in [1.82, 2.24) is 4.98 Å². The van der Waals surface area contributed by atoms with Crippen molar-refractivity contribution < 1.29 is 4.74 Å². The van der Waals surface area contributed by atoms with Gasteiger partial charge < -0.3 is 9.72 Å². The first kappa shape index (κ1) is 7.34. The van der Waals surface area contributed by atoms with Crippen LogP contribution in [0.15, 0.2) is 21.5 Å². The van der Waals surface area contributed by atoms with Crippen molar-refractivity contribution in [1.29, 1.82) is 0 Å². The van der Waals surface area contributed by atoms with Gasteiger partial charge in [-0.15, -0.1) is 0 Å². The molecule has 1 N–H and O–H groups in total. The van der Waals surface area contributed by atoms with Gasteiger partial charge in [-0.05, 0) is 22.0 Å². The Morgan fingerprint density at radius 1 is 1.70 bits per heavy atom. The molecule has 1 heterocycles. The van der Waals surface area contributed by atoms with Gasteiger partial charge in [0.25, 0.3) is 5.56 Å². The number of nitrogens with one attached hydrogen (secondary N) is 1. The summed E-state index contributed by atoms with van der Waals surface area (Å²) in [5, 5.41) is 0. The zero-order valence-corrected chi connectivity index (χ0v) is 6.94. The highest BCUT2D eigenvalue weighted by atomic mass is 79.9. The average Bonchev–Trinajstić information content (AvgIpc) is 1.88. The van der Waals surface area contributed by atoms with E-state index in [9.17, 15) is 4.79 Å². The third-order valence-electron chi connectivity index (χ3n) is 1.07. The van der Waals surface area contributed by atoms with E-state index < -0.39 is 0 Å². The van der Waals surface area contributed by atoms with E-state index in [4.69, 9.17) is 4.74 Å². The monoisotopic (exact) mass is 203 g/mol. The first-order valence-corrected chi connectivity index (χ1v) is 3.46. The minimum absolute atomic E-state index is 0.225. The van der Waals surface area contributed by atoms with Crippen LogP contribution in [-0.2, 0) is 0 Å². The van der Waals surface area contributed by atoms with Crippen LogP contribution in [0.25, 0.3) is 0 Å². The number of H-pyrrole nitrogens is 1. The molecule has 0 fully saturated rings. The molecule has 0 amide bonds. The van der Waals surface area contributed by atoms with Crippen molar-refractivity contribution in [2.24, 2.45) is 0 Å². The largest absolute Gasteiger partial charge is 0.490 e. The molecule has 3 nitrogen and oxygen atoms in total. The minimum Gasteiger partial charge on any atom is -0.490 e. The summed E-state index contributed by atoms with van der Waals surface area (Å²) < 4.78 is 5.45. The van der Waals surface area contributed by atoms with Crippen LogP contribution >= 0.6 is 15.9 Å². The molecule has 1 aromatic heterocycles. The summed E-state index contributed by atoms with van der Waals surface area (Å²) in [5.74, 6) is 0.308. The van der Waals surface area contributed by atoms with Gasteiger partial charge in [-0.1, -0.05) is 0 Å². The Balaban J connectivity index is 3.31. The maximum absolute atomic E-state index is 10.9. The van der Waals surface area contributed by atoms with Crippen LogP contribution in [0.3, 0.4) is 0 Å². The second-order valence-electron chi connectivity index (χ2n) is 1.69. The highest BCUT2D eigenvalue weighted by Crippen LogP contribution is 2.17. The fourth-order valence-corrected chi connectivity index (χ4v) is 1.10. The molecule has 0 aromatic carbocycles. The number of methoxy groups -OCH3 is 1. The van der Waals surface area contributed by atoms with E-state index in [0.717, 1.165) is 0 Å². The van der Waals surface area contributed by atoms with Crippen LogP contribution in [0.2, 0.25) is 0 Å². The van der Waals surface area contributed by atoms with E-state index >= 15 is 0 Å². The number of ether oxygens (including phenoxy) is 1. The van der Waals surface area contributed by atoms with E-state index in [2.05, 4.69) is 20.9 Å². The summed E-state index contributed by atoms with van der Waals surface area (Å²) >= 11 is 3.16. The summed E-state index contributed by atoms with van der Waals surface area (Å²) in [6.07, 6.45) is 1.55. The Kier molecular flexibility index (Phi) is 2.11. The Morgan fingerprint density at radius 2 is 2.40 bits per heavy atom. The molecule has 0 aliphatic heterocycles. The molecule has 0 unspecified atom stereocenters. The predicted octanol–water partition coefficient (Wildman–Crippen LogP) is 1.15. The number of pyridine rings is 1. The van der Waals surface area contributed by atoms with Crippen LogP contribution in [0.5, 0.6) is 5.75 Å². The van der Waals surface area contributed by atoms with Gasteiger partial charge >= 0.3 is 0 Å². The summed E-state index contributed by atoms with van der Waals surface area (Å²) in [6.45, 7) is 0. The van der Waals surface area contributed by atoms with Crippen molar-refractivity contribution in [2.75, 3.05) is 7.11 Å². The number of aromatic nitrogens is 1. The summed E-state index contributed by atoms with van der Waals surface area (Å²) in [4.78, 5) is 13.3. The van der Waals surface area contributed by atoms with Gasteiger partial charge in [0.2, 0.25) is 0 Å².